The van der Waals surface area contributed by atoms with Gasteiger partial charge in [-0.2, -0.15) is 0 Å². The molecule has 1 aliphatic rings. The van der Waals surface area contributed by atoms with Gasteiger partial charge in [-0.15, -0.1) is 0 Å². The highest BCUT2D eigenvalue weighted by molar-refractivity contribution is 5.84. The molecule has 0 spiro atoms. The summed E-state index contributed by atoms with van der Waals surface area (Å²) >= 11 is 0. The van der Waals surface area contributed by atoms with Crippen molar-refractivity contribution < 1.29 is 4.79 Å². The maximum Gasteiger partial charge on any atom is 0.137 e. The van der Waals surface area contributed by atoms with Crippen LogP contribution in [0.25, 0.3) is 0 Å². The van der Waals surface area contributed by atoms with Crippen molar-refractivity contribution in [1.82, 2.24) is 0 Å². The Morgan fingerprint density at radius 3 is 2.00 bits per heavy atom. The van der Waals surface area contributed by atoms with Gasteiger partial charge in [0.1, 0.15) is 5.78 Å². The van der Waals surface area contributed by atoms with Crippen molar-refractivity contribution in [2.24, 2.45) is 0 Å². The van der Waals surface area contributed by atoms with Crippen molar-refractivity contribution in [3.8, 4) is 0 Å². The summed E-state index contributed by atoms with van der Waals surface area (Å²) in [6, 6.07) is 0. The van der Waals surface area contributed by atoms with Crippen molar-refractivity contribution in [2.75, 3.05) is 0 Å². The fourth-order valence-electron chi connectivity index (χ4n) is 1.47. The molecular weight excluding hydrogens is 160 g/mol. The number of Topliss-reactive ketones (excluding diaryl/α,β-unsaturated/α-hetero) is 1. The Kier molecular flexibility index (Phi) is 6.21. The molecule has 74 valence electrons. The molecule has 0 aromatic carbocycles. The van der Waals surface area contributed by atoms with E-state index in [0.717, 1.165) is 12.8 Å². The van der Waals surface area contributed by atoms with Crippen LogP contribution in [-0.2, 0) is 4.79 Å². The van der Waals surface area contributed by atoms with Gasteiger partial charge in [0.05, 0.1) is 0 Å². The lowest BCUT2D eigenvalue weighted by atomic mass is 9.88. The SMILES string of the molecule is C/C=C1/CCC(=O)C/C1=C/C.CC. The maximum absolute atomic E-state index is 11.0. The molecule has 0 atom stereocenters. The van der Waals surface area contributed by atoms with Gasteiger partial charge >= 0.3 is 0 Å². The monoisotopic (exact) mass is 180 g/mol. The van der Waals surface area contributed by atoms with Crippen molar-refractivity contribution >= 4 is 5.78 Å². The van der Waals surface area contributed by atoms with E-state index in [4.69, 9.17) is 0 Å². The minimum atomic E-state index is 0.378. The van der Waals surface area contributed by atoms with E-state index in [2.05, 4.69) is 6.08 Å². The van der Waals surface area contributed by atoms with E-state index >= 15 is 0 Å². The molecule has 1 fully saturated rings. The van der Waals surface area contributed by atoms with Gasteiger partial charge in [0.15, 0.2) is 0 Å². The summed E-state index contributed by atoms with van der Waals surface area (Å²) in [5.41, 5.74) is 2.58. The topological polar surface area (TPSA) is 17.1 Å². The van der Waals surface area contributed by atoms with Gasteiger partial charge in [0, 0.05) is 12.8 Å². The molecule has 0 radical (unpaired) electrons. The summed E-state index contributed by atoms with van der Waals surface area (Å²) < 4.78 is 0. The van der Waals surface area contributed by atoms with Crippen LogP contribution >= 0.6 is 0 Å². The smallest absolute Gasteiger partial charge is 0.137 e. The molecule has 0 heterocycles. The van der Waals surface area contributed by atoms with Crippen LogP contribution in [-0.4, -0.2) is 5.78 Å². The normalized spacial score (nSPS) is 22.9. The first-order valence-corrected chi connectivity index (χ1v) is 5.10. The quantitative estimate of drug-likeness (QED) is 0.556. The lowest BCUT2D eigenvalue weighted by Crippen LogP contribution is -2.08. The van der Waals surface area contributed by atoms with Gasteiger partial charge in [0.25, 0.3) is 0 Å². The number of hydrogen-bond donors (Lipinski definition) is 0. The second-order valence-electron chi connectivity index (χ2n) is 2.84. The molecule has 1 aliphatic carbocycles. The zero-order chi connectivity index (χ0) is 10.3. The highest BCUT2D eigenvalue weighted by atomic mass is 16.1. The van der Waals surface area contributed by atoms with Gasteiger partial charge in [-0.3, -0.25) is 4.79 Å². The minimum absolute atomic E-state index is 0.378. The molecule has 0 amide bonds. The molecule has 0 unspecified atom stereocenters. The number of allylic oxidation sites excluding steroid dienone is 4. The summed E-state index contributed by atoms with van der Waals surface area (Å²) in [5.74, 6) is 0.378. The summed E-state index contributed by atoms with van der Waals surface area (Å²) in [4.78, 5) is 11.0. The Labute approximate surface area is 81.5 Å². The first-order chi connectivity index (χ1) is 6.27. The molecule has 0 aliphatic heterocycles. The molecule has 1 rings (SSSR count). The fraction of sp³-hybridized carbons (Fsp3) is 0.583. The number of ketones is 1. The van der Waals surface area contributed by atoms with Gasteiger partial charge in [-0.1, -0.05) is 26.0 Å². The number of hydrogen-bond acceptors (Lipinski definition) is 1. The molecule has 0 aromatic rings. The third-order valence-corrected chi connectivity index (χ3v) is 2.17. The van der Waals surface area contributed by atoms with E-state index in [1.165, 1.54) is 11.1 Å². The maximum atomic E-state index is 11.0. The van der Waals surface area contributed by atoms with Gasteiger partial charge in [-0.05, 0) is 31.4 Å². The van der Waals surface area contributed by atoms with Crippen molar-refractivity contribution in [1.29, 1.82) is 0 Å². The minimum Gasteiger partial charge on any atom is -0.299 e. The van der Waals surface area contributed by atoms with Crippen LogP contribution in [0.2, 0.25) is 0 Å². The predicted octanol–water partition coefficient (Wildman–Crippen LogP) is 3.66. The average molecular weight is 180 g/mol. The average Bonchev–Trinajstić information content (AvgIpc) is 2.20. The Morgan fingerprint density at radius 2 is 1.54 bits per heavy atom. The van der Waals surface area contributed by atoms with E-state index < -0.39 is 0 Å². The first-order valence-electron chi connectivity index (χ1n) is 5.10. The van der Waals surface area contributed by atoms with Crippen LogP contribution in [0.5, 0.6) is 0 Å². The van der Waals surface area contributed by atoms with Crippen LogP contribution < -0.4 is 0 Å². The van der Waals surface area contributed by atoms with Crippen LogP contribution in [0.3, 0.4) is 0 Å². The fourth-order valence-corrected chi connectivity index (χ4v) is 1.47. The van der Waals surface area contributed by atoms with Crippen LogP contribution in [0, 0.1) is 0 Å². The zero-order valence-corrected chi connectivity index (χ0v) is 9.18. The molecule has 0 saturated heterocycles. The highest BCUT2D eigenvalue weighted by Crippen LogP contribution is 2.25. The second-order valence-corrected chi connectivity index (χ2v) is 2.84. The molecule has 1 nitrogen and oxygen atoms in total. The van der Waals surface area contributed by atoms with E-state index in [0.29, 0.717) is 12.2 Å². The Bertz CT molecular complexity index is 221. The van der Waals surface area contributed by atoms with Crippen LogP contribution in [0.15, 0.2) is 23.3 Å². The van der Waals surface area contributed by atoms with Crippen molar-refractivity contribution in [3.05, 3.63) is 23.3 Å². The summed E-state index contributed by atoms with van der Waals surface area (Å²) in [5, 5.41) is 0. The van der Waals surface area contributed by atoms with E-state index in [1.54, 1.807) is 0 Å². The lowest BCUT2D eigenvalue weighted by molar-refractivity contribution is -0.118. The third-order valence-electron chi connectivity index (χ3n) is 2.17. The van der Waals surface area contributed by atoms with Gasteiger partial charge in [-0.25, -0.2) is 0 Å². The number of carbonyl (C=O) groups excluding carboxylic acids is 1. The summed E-state index contributed by atoms with van der Waals surface area (Å²) in [6.07, 6.45) is 6.48. The van der Waals surface area contributed by atoms with E-state index in [9.17, 15) is 4.79 Å². The molecule has 1 heteroatoms. The Balaban J connectivity index is 0.000000671. The second kappa shape index (κ2) is 6.64. The standard InChI is InChI=1S/C10H14O.C2H6/c1-3-8-5-6-10(11)7-9(8)4-2;1-2/h3-4H,5-7H2,1-2H3;1-2H3/b8-3-,9-4-;. The van der Waals surface area contributed by atoms with Crippen molar-refractivity contribution in [3.63, 3.8) is 0 Å². The molecular formula is C12H20O. The molecule has 0 aromatic heterocycles. The number of carbonyl (C=O) groups is 1. The summed E-state index contributed by atoms with van der Waals surface area (Å²) in [7, 11) is 0. The summed E-state index contributed by atoms with van der Waals surface area (Å²) in [6.45, 7) is 8.03. The van der Waals surface area contributed by atoms with E-state index in [1.807, 2.05) is 33.8 Å². The molecule has 1 saturated carbocycles. The molecule has 0 N–H and O–H groups in total. The van der Waals surface area contributed by atoms with Crippen LogP contribution in [0.4, 0.5) is 0 Å². The Hall–Kier alpha value is -0.850. The molecule has 0 bridgehead atoms. The zero-order valence-electron chi connectivity index (χ0n) is 9.18. The van der Waals surface area contributed by atoms with Gasteiger partial charge in [0.2, 0.25) is 0 Å². The number of rotatable bonds is 0. The van der Waals surface area contributed by atoms with Crippen molar-refractivity contribution in [2.45, 2.75) is 47.0 Å². The predicted molar refractivity (Wildman–Crippen MR) is 57.7 cm³/mol. The molecule has 13 heavy (non-hydrogen) atoms. The Morgan fingerprint density at radius 1 is 1.00 bits per heavy atom. The third kappa shape index (κ3) is 3.58. The lowest BCUT2D eigenvalue weighted by Gasteiger charge is -2.16. The van der Waals surface area contributed by atoms with Gasteiger partial charge < -0.3 is 0 Å². The largest absolute Gasteiger partial charge is 0.299 e. The first kappa shape index (κ1) is 12.2. The van der Waals surface area contributed by atoms with Crippen LogP contribution in [0.1, 0.15) is 47.0 Å². The van der Waals surface area contributed by atoms with E-state index in [-0.39, 0.29) is 0 Å². The highest BCUT2D eigenvalue weighted by Gasteiger charge is 2.15.